The summed E-state index contributed by atoms with van der Waals surface area (Å²) in [5.74, 6) is -3.57. The zero-order valence-electron chi connectivity index (χ0n) is 27.9. The predicted octanol–water partition coefficient (Wildman–Crippen LogP) is 8.91. The number of hydrogen-bond acceptors (Lipinski definition) is 6. The maximum absolute atomic E-state index is 15.2. The minimum Gasteiger partial charge on any atom is -0.510 e. The van der Waals surface area contributed by atoms with Crippen molar-refractivity contribution in [2.24, 2.45) is 28.1 Å². The fourth-order valence-electron chi connectivity index (χ4n) is 7.09. The van der Waals surface area contributed by atoms with E-state index in [1.165, 1.54) is 12.1 Å². The number of carbonyl (C=O) groups is 3. The maximum Gasteiger partial charge on any atom is 0.200 e. The molecule has 238 valence electrons. The zero-order chi connectivity index (χ0) is 33.4. The highest BCUT2D eigenvalue weighted by atomic mass is 16.3. The first kappa shape index (κ1) is 34.8. The minimum atomic E-state index is -1.62. The van der Waals surface area contributed by atoms with E-state index in [0.29, 0.717) is 12.8 Å². The van der Waals surface area contributed by atoms with Gasteiger partial charge in [0.2, 0.25) is 0 Å². The Kier molecular flexibility index (Phi) is 10.1. The molecular weight excluding hydrogens is 552 g/mol. The molecular formula is C38H50O6. The van der Waals surface area contributed by atoms with Crippen LogP contribution in [-0.2, 0) is 9.59 Å². The van der Waals surface area contributed by atoms with E-state index in [-0.39, 0.29) is 42.4 Å². The van der Waals surface area contributed by atoms with E-state index in [1.54, 1.807) is 0 Å². The van der Waals surface area contributed by atoms with E-state index in [4.69, 9.17) is 0 Å². The molecule has 0 aromatic heterocycles. The van der Waals surface area contributed by atoms with Gasteiger partial charge in [-0.2, -0.15) is 0 Å². The average Bonchev–Trinajstić information content (AvgIpc) is 2.91. The number of aromatic hydroxyl groups is 2. The summed E-state index contributed by atoms with van der Waals surface area (Å²) in [5.41, 5.74) is -0.430. The molecule has 1 aromatic rings. The number of rotatable bonds is 11. The number of aliphatic hydroxyl groups excluding tert-OH is 1. The van der Waals surface area contributed by atoms with Gasteiger partial charge >= 0.3 is 0 Å². The van der Waals surface area contributed by atoms with E-state index in [2.05, 4.69) is 18.7 Å². The largest absolute Gasteiger partial charge is 0.510 e. The Hall–Kier alpha value is -3.67. The van der Waals surface area contributed by atoms with Crippen molar-refractivity contribution in [2.75, 3.05) is 0 Å². The summed E-state index contributed by atoms with van der Waals surface area (Å²) in [6.45, 7) is 21.9. The predicted molar refractivity (Wildman–Crippen MR) is 176 cm³/mol. The number of Topliss-reactive ketones (excluding diaryl/α,β-unsaturated/α-hetero) is 3. The smallest absolute Gasteiger partial charge is 0.200 e. The molecule has 0 heterocycles. The number of aliphatic hydroxyl groups is 1. The number of phenolic OH excluding ortho intramolecular Hbond substituents is 2. The van der Waals surface area contributed by atoms with Gasteiger partial charge in [-0.15, -0.1) is 0 Å². The van der Waals surface area contributed by atoms with E-state index >= 15 is 4.79 Å². The van der Waals surface area contributed by atoms with Crippen molar-refractivity contribution in [3.63, 3.8) is 0 Å². The van der Waals surface area contributed by atoms with Crippen LogP contribution in [-0.4, -0.2) is 32.7 Å². The van der Waals surface area contributed by atoms with Gasteiger partial charge < -0.3 is 15.3 Å². The molecule has 6 heteroatoms. The van der Waals surface area contributed by atoms with Crippen LogP contribution in [0.3, 0.4) is 0 Å². The lowest BCUT2D eigenvalue weighted by molar-refractivity contribution is -0.172. The van der Waals surface area contributed by atoms with Crippen LogP contribution in [0.15, 0.2) is 76.6 Å². The van der Waals surface area contributed by atoms with Gasteiger partial charge in [0.15, 0.2) is 28.8 Å². The Morgan fingerprint density at radius 1 is 0.932 bits per heavy atom. The highest BCUT2D eigenvalue weighted by Gasteiger charge is 2.72. The second-order valence-corrected chi connectivity index (χ2v) is 14.3. The quantitative estimate of drug-likeness (QED) is 0.0766. The molecule has 2 aliphatic carbocycles. The van der Waals surface area contributed by atoms with Crippen molar-refractivity contribution < 1.29 is 29.7 Å². The minimum absolute atomic E-state index is 0.0602. The van der Waals surface area contributed by atoms with E-state index in [0.717, 1.165) is 28.4 Å². The molecule has 0 amide bonds. The van der Waals surface area contributed by atoms with E-state index < -0.39 is 50.6 Å². The Balaban J connectivity index is 2.46. The van der Waals surface area contributed by atoms with E-state index in [9.17, 15) is 24.9 Å². The van der Waals surface area contributed by atoms with Gasteiger partial charge in [-0.25, -0.2) is 0 Å². The fourth-order valence-corrected chi connectivity index (χ4v) is 7.09. The van der Waals surface area contributed by atoms with Crippen LogP contribution in [0.4, 0.5) is 0 Å². The first-order valence-electron chi connectivity index (χ1n) is 15.5. The lowest BCUT2D eigenvalue weighted by atomic mass is 9.39. The molecule has 3 N–H and O–H groups in total. The third-order valence-electron chi connectivity index (χ3n) is 10.0. The normalized spacial score (nSPS) is 24.8. The van der Waals surface area contributed by atoms with Crippen molar-refractivity contribution >= 4 is 17.3 Å². The maximum atomic E-state index is 15.2. The Bertz CT molecular complexity index is 1490. The van der Waals surface area contributed by atoms with Crippen LogP contribution in [0, 0.1) is 28.1 Å². The van der Waals surface area contributed by atoms with Gasteiger partial charge in [-0.1, -0.05) is 60.9 Å². The Morgan fingerprint density at radius 2 is 1.52 bits per heavy atom. The number of phenols is 2. The molecule has 1 saturated carbocycles. The summed E-state index contributed by atoms with van der Waals surface area (Å²) in [6.07, 6.45) is 7.90. The monoisotopic (exact) mass is 602 g/mol. The topological polar surface area (TPSA) is 112 Å². The van der Waals surface area contributed by atoms with Crippen molar-refractivity contribution in [3.8, 4) is 11.5 Å². The highest BCUT2D eigenvalue weighted by molar-refractivity contribution is 6.35. The number of fused-ring (bicyclic) bond motifs is 2. The van der Waals surface area contributed by atoms with Crippen LogP contribution in [0.1, 0.15) is 105 Å². The Labute approximate surface area is 263 Å². The molecule has 1 aromatic carbocycles. The van der Waals surface area contributed by atoms with Crippen LogP contribution in [0.25, 0.3) is 0 Å². The summed E-state index contributed by atoms with van der Waals surface area (Å²) in [5, 5.41) is 32.3. The average molecular weight is 603 g/mol. The third kappa shape index (κ3) is 6.00. The lowest BCUT2D eigenvalue weighted by Crippen LogP contribution is -2.67. The number of carbonyl (C=O) groups excluding carboxylic acids is 3. The molecule has 2 unspecified atom stereocenters. The van der Waals surface area contributed by atoms with Gasteiger partial charge in [-0.05, 0) is 116 Å². The molecule has 3 rings (SSSR count). The standard InChI is InChI=1S/C38H50O6/c1-22(2)11-13-27(25(7)8)20-37-21-28(15-12-23(3)4)36(9,10)38(35(37)44,18-17-24(5)6)34(43)31(33(37)42)32(41)26-14-16-29(39)30(40)19-26/h11-12,14,16-17,19,27-28,39-40,42H,7,13,15,18,20-21H2,1-6,8-10H3/t27-,28+,37?,38?/m0/s1. The molecule has 2 bridgehead atoms. The third-order valence-corrected chi connectivity index (χ3v) is 10.0. The second-order valence-electron chi connectivity index (χ2n) is 14.3. The number of hydrogen-bond donors (Lipinski definition) is 3. The molecule has 0 radical (unpaired) electrons. The molecule has 6 nitrogen and oxygen atoms in total. The van der Waals surface area contributed by atoms with Crippen molar-refractivity contribution in [1.29, 1.82) is 0 Å². The summed E-state index contributed by atoms with van der Waals surface area (Å²) in [7, 11) is 0. The summed E-state index contributed by atoms with van der Waals surface area (Å²) in [4.78, 5) is 44.3. The second kappa shape index (κ2) is 12.7. The van der Waals surface area contributed by atoms with Gasteiger partial charge in [0.05, 0.1) is 5.41 Å². The number of benzene rings is 1. The van der Waals surface area contributed by atoms with Gasteiger partial charge in [-0.3, -0.25) is 14.4 Å². The molecule has 2 aliphatic rings. The summed E-state index contributed by atoms with van der Waals surface area (Å²) >= 11 is 0. The molecule has 44 heavy (non-hydrogen) atoms. The van der Waals surface area contributed by atoms with Crippen LogP contribution in [0.2, 0.25) is 0 Å². The molecule has 0 saturated heterocycles. The molecule has 0 aliphatic heterocycles. The lowest BCUT2D eigenvalue weighted by Gasteiger charge is -2.60. The summed E-state index contributed by atoms with van der Waals surface area (Å²) in [6, 6.07) is 3.56. The first-order valence-corrected chi connectivity index (χ1v) is 15.5. The zero-order valence-corrected chi connectivity index (χ0v) is 27.9. The summed E-state index contributed by atoms with van der Waals surface area (Å²) < 4.78 is 0. The van der Waals surface area contributed by atoms with Crippen molar-refractivity contribution in [2.45, 2.75) is 94.4 Å². The van der Waals surface area contributed by atoms with E-state index in [1.807, 2.05) is 68.4 Å². The van der Waals surface area contributed by atoms with Crippen LogP contribution in [0.5, 0.6) is 11.5 Å². The fraction of sp³-hybridized carbons (Fsp3) is 0.500. The Morgan fingerprint density at radius 3 is 2.05 bits per heavy atom. The van der Waals surface area contributed by atoms with Gasteiger partial charge in [0.25, 0.3) is 0 Å². The van der Waals surface area contributed by atoms with Gasteiger partial charge in [0.1, 0.15) is 16.7 Å². The molecule has 1 fully saturated rings. The first-order chi connectivity index (χ1) is 20.3. The van der Waals surface area contributed by atoms with Crippen LogP contribution < -0.4 is 0 Å². The number of ketones is 3. The van der Waals surface area contributed by atoms with Crippen molar-refractivity contribution in [1.82, 2.24) is 0 Å². The highest BCUT2D eigenvalue weighted by Crippen LogP contribution is 2.67. The number of allylic oxidation sites excluding steroid dienone is 9. The molecule has 0 spiro atoms. The van der Waals surface area contributed by atoms with Crippen LogP contribution >= 0.6 is 0 Å². The SMILES string of the molecule is C=C(C)[C@@H](CC=C(C)C)CC12C[C@@H](CC=C(C)C)C(C)(C)C(CC=C(C)C)(C(=O)C(C(=O)c3ccc(O)c(O)c3)=C1O)C2=O. The van der Waals surface area contributed by atoms with Gasteiger partial charge in [0, 0.05) is 5.56 Å². The molecule has 4 atom stereocenters. The van der Waals surface area contributed by atoms with Crippen molar-refractivity contribution in [3.05, 3.63) is 82.2 Å².